The van der Waals surface area contributed by atoms with E-state index in [0.29, 0.717) is 5.56 Å². The van der Waals surface area contributed by atoms with Gasteiger partial charge in [0, 0.05) is 44.3 Å². The largest absolute Gasteiger partial charge is 0.507 e. The molecule has 2 aromatic carbocycles. The number of Topliss-reactive ketones (excluding diaryl/α,β-unsaturated/α-hetero) is 1. The van der Waals surface area contributed by atoms with Gasteiger partial charge < -0.3 is 14.9 Å². The van der Waals surface area contributed by atoms with E-state index >= 15 is 0 Å². The molecule has 31 heavy (non-hydrogen) atoms. The number of carbonyl (C=O) groups is 2. The fourth-order valence-electron chi connectivity index (χ4n) is 3.78. The van der Waals surface area contributed by atoms with E-state index in [1.165, 1.54) is 4.90 Å². The van der Waals surface area contributed by atoms with Crippen molar-refractivity contribution in [3.05, 3.63) is 101 Å². The Hall–Kier alpha value is -3.93. The number of amides is 1. The van der Waals surface area contributed by atoms with Gasteiger partial charge in [0.15, 0.2) is 0 Å². The van der Waals surface area contributed by atoms with E-state index in [1.807, 2.05) is 55.4 Å². The average molecular weight is 413 g/mol. The summed E-state index contributed by atoms with van der Waals surface area (Å²) in [6.07, 6.45) is 3.33. The van der Waals surface area contributed by atoms with Crippen molar-refractivity contribution in [2.24, 2.45) is 0 Å². The van der Waals surface area contributed by atoms with Gasteiger partial charge in [-0.1, -0.05) is 48.5 Å². The number of carbonyl (C=O) groups excluding carboxylic acids is 2. The van der Waals surface area contributed by atoms with Crippen molar-refractivity contribution in [3.8, 4) is 0 Å². The third-order valence-electron chi connectivity index (χ3n) is 5.39. The van der Waals surface area contributed by atoms with Crippen LogP contribution in [0.1, 0.15) is 22.7 Å². The second-order valence-corrected chi connectivity index (χ2v) is 7.64. The summed E-state index contributed by atoms with van der Waals surface area (Å²) in [4.78, 5) is 33.6. The van der Waals surface area contributed by atoms with Crippen LogP contribution in [-0.2, 0) is 16.1 Å². The molecule has 1 N–H and O–H groups in total. The third-order valence-corrected chi connectivity index (χ3v) is 5.39. The zero-order valence-electron chi connectivity index (χ0n) is 17.4. The van der Waals surface area contributed by atoms with Gasteiger partial charge in [-0.05, 0) is 29.3 Å². The predicted octanol–water partition coefficient (Wildman–Crippen LogP) is 3.77. The van der Waals surface area contributed by atoms with Crippen molar-refractivity contribution >= 4 is 23.1 Å². The van der Waals surface area contributed by atoms with Gasteiger partial charge in [0.1, 0.15) is 5.76 Å². The molecule has 0 aliphatic carbocycles. The number of hydrogen-bond donors (Lipinski definition) is 1. The zero-order valence-corrected chi connectivity index (χ0v) is 17.4. The molecule has 1 saturated heterocycles. The van der Waals surface area contributed by atoms with E-state index in [0.717, 1.165) is 16.8 Å². The van der Waals surface area contributed by atoms with Crippen LogP contribution in [0, 0.1) is 0 Å². The van der Waals surface area contributed by atoms with Crippen molar-refractivity contribution in [2.45, 2.75) is 12.6 Å². The molecule has 0 saturated carbocycles. The van der Waals surface area contributed by atoms with E-state index in [4.69, 9.17) is 0 Å². The quantitative estimate of drug-likeness (QED) is 0.392. The molecule has 1 amide bonds. The van der Waals surface area contributed by atoms with Gasteiger partial charge in [0.25, 0.3) is 11.7 Å². The fourth-order valence-corrected chi connectivity index (χ4v) is 3.78. The SMILES string of the molecule is CN(C)c1ccc(C2/C(=C(\O)c3ccccc3)C(=O)C(=O)N2Cc2cccnc2)cc1. The number of rotatable bonds is 5. The molecule has 1 fully saturated rings. The molecule has 1 aliphatic rings. The van der Waals surface area contributed by atoms with Crippen LogP contribution in [0.25, 0.3) is 5.76 Å². The van der Waals surface area contributed by atoms with Crippen LogP contribution in [0.5, 0.6) is 0 Å². The minimum absolute atomic E-state index is 0.0951. The van der Waals surface area contributed by atoms with Gasteiger partial charge in [-0.25, -0.2) is 0 Å². The molecule has 1 aromatic heterocycles. The van der Waals surface area contributed by atoms with Crippen molar-refractivity contribution < 1.29 is 14.7 Å². The lowest BCUT2D eigenvalue weighted by molar-refractivity contribution is -0.140. The van der Waals surface area contributed by atoms with E-state index in [1.54, 1.807) is 42.7 Å². The van der Waals surface area contributed by atoms with Gasteiger partial charge in [0.2, 0.25) is 0 Å². The first-order chi connectivity index (χ1) is 15.0. The number of benzene rings is 2. The van der Waals surface area contributed by atoms with Gasteiger partial charge in [0.05, 0.1) is 11.6 Å². The summed E-state index contributed by atoms with van der Waals surface area (Å²) in [6, 6.07) is 19.4. The van der Waals surface area contributed by atoms with Crippen LogP contribution in [-0.4, -0.2) is 40.8 Å². The summed E-state index contributed by atoms with van der Waals surface area (Å²) in [6.45, 7) is 0.212. The maximum absolute atomic E-state index is 13.0. The Balaban J connectivity index is 1.84. The van der Waals surface area contributed by atoms with Crippen LogP contribution in [0.3, 0.4) is 0 Å². The third kappa shape index (κ3) is 3.92. The summed E-state index contributed by atoms with van der Waals surface area (Å²) in [7, 11) is 3.89. The molecule has 1 aliphatic heterocycles. The van der Waals surface area contributed by atoms with Crippen LogP contribution in [0.4, 0.5) is 5.69 Å². The number of pyridine rings is 1. The molecule has 4 rings (SSSR count). The Morgan fingerprint density at radius 1 is 1.00 bits per heavy atom. The van der Waals surface area contributed by atoms with Crippen LogP contribution in [0.2, 0.25) is 0 Å². The number of aliphatic hydroxyl groups excluding tert-OH is 1. The first-order valence-electron chi connectivity index (χ1n) is 9.97. The van der Waals surface area contributed by atoms with E-state index in [-0.39, 0.29) is 17.9 Å². The Morgan fingerprint density at radius 2 is 1.71 bits per heavy atom. The molecule has 2 heterocycles. The highest BCUT2D eigenvalue weighted by molar-refractivity contribution is 6.46. The van der Waals surface area contributed by atoms with Crippen molar-refractivity contribution in [1.29, 1.82) is 0 Å². The highest BCUT2D eigenvalue weighted by Crippen LogP contribution is 2.40. The summed E-state index contributed by atoms with van der Waals surface area (Å²) in [5, 5.41) is 11.0. The maximum atomic E-state index is 13.0. The smallest absolute Gasteiger partial charge is 0.295 e. The Labute approximate surface area is 181 Å². The molecule has 0 bridgehead atoms. The average Bonchev–Trinajstić information content (AvgIpc) is 3.05. The van der Waals surface area contributed by atoms with Gasteiger partial charge in [-0.3, -0.25) is 14.6 Å². The lowest BCUT2D eigenvalue weighted by Crippen LogP contribution is -2.29. The Bertz CT molecular complexity index is 1120. The van der Waals surface area contributed by atoms with E-state index in [2.05, 4.69) is 4.98 Å². The highest BCUT2D eigenvalue weighted by atomic mass is 16.3. The molecule has 6 nitrogen and oxygen atoms in total. The van der Waals surface area contributed by atoms with Gasteiger partial charge in [-0.2, -0.15) is 0 Å². The number of ketones is 1. The minimum atomic E-state index is -0.698. The number of likely N-dealkylation sites (tertiary alicyclic amines) is 1. The van der Waals surface area contributed by atoms with Crippen molar-refractivity contribution in [1.82, 2.24) is 9.88 Å². The molecule has 156 valence electrons. The first kappa shape index (κ1) is 20.3. The first-order valence-corrected chi connectivity index (χ1v) is 9.97. The monoisotopic (exact) mass is 413 g/mol. The minimum Gasteiger partial charge on any atom is -0.507 e. The van der Waals surface area contributed by atoms with Crippen LogP contribution >= 0.6 is 0 Å². The predicted molar refractivity (Wildman–Crippen MR) is 119 cm³/mol. The topological polar surface area (TPSA) is 73.7 Å². The molecule has 6 heteroatoms. The summed E-state index contributed by atoms with van der Waals surface area (Å²) in [5.74, 6) is -1.50. The number of nitrogens with zero attached hydrogens (tertiary/aromatic N) is 3. The lowest BCUT2D eigenvalue weighted by Gasteiger charge is -2.26. The number of aliphatic hydroxyl groups is 1. The molecular weight excluding hydrogens is 390 g/mol. The van der Waals surface area contributed by atoms with Crippen LogP contribution in [0.15, 0.2) is 84.7 Å². The maximum Gasteiger partial charge on any atom is 0.295 e. The summed E-state index contributed by atoms with van der Waals surface area (Å²) < 4.78 is 0. The van der Waals surface area contributed by atoms with E-state index < -0.39 is 17.7 Å². The Morgan fingerprint density at radius 3 is 2.32 bits per heavy atom. The van der Waals surface area contributed by atoms with Crippen LogP contribution < -0.4 is 4.90 Å². The van der Waals surface area contributed by atoms with E-state index in [9.17, 15) is 14.7 Å². The van der Waals surface area contributed by atoms with Gasteiger partial charge in [-0.15, -0.1) is 0 Å². The molecule has 1 unspecified atom stereocenters. The van der Waals surface area contributed by atoms with Crippen molar-refractivity contribution in [2.75, 3.05) is 19.0 Å². The molecule has 1 atom stereocenters. The molecule has 0 radical (unpaired) electrons. The zero-order chi connectivity index (χ0) is 22.0. The Kier molecular flexibility index (Phi) is 5.54. The number of anilines is 1. The van der Waals surface area contributed by atoms with Gasteiger partial charge >= 0.3 is 0 Å². The molecule has 3 aromatic rings. The molecular formula is C25H23N3O3. The normalized spacial score (nSPS) is 17.7. The fraction of sp³-hybridized carbons (Fsp3) is 0.160. The van der Waals surface area contributed by atoms with Crippen molar-refractivity contribution in [3.63, 3.8) is 0 Å². The second kappa shape index (κ2) is 8.44. The highest BCUT2D eigenvalue weighted by Gasteiger charge is 2.46. The number of aromatic nitrogens is 1. The summed E-state index contributed by atoms with van der Waals surface area (Å²) in [5.41, 5.74) is 3.15. The second-order valence-electron chi connectivity index (χ2n) is 7.64. The lowest BCUT2D eigenvalue weighted by atomic mass is 9.95. The number of hydrogen-bond acceptors (Lipinski definition) is 5. The summed E-state index contributed by atoms with van der Waals surface area (Å²) >= 11 is 0. The standard InChI is InChI=1S/C25H23N3O3/c1-27(2)20-12-10-18(11-13-20)22-21(23(29)19-8-4-3-5-9-19)24(30)25(31)28(22)16-17-7-6-14-26-15-17/h3-15,22,29H,16H2,1-2H3/b23-21+. The molecule has 0 spiro atoms.